The first-order valence-corrected chi connectivity index (χ1v) is 21.3. The summed E-state index contributed by atoms with van der Waals surface area (Å²) in [6, 6.07) is 21.4. The van der Waals surface area contributed by atoms with Crippen molar-refractivity contribution in [3.63, 3.8) is 0 Å². The maximum absolute atomic E-state index is 14.9. The molecule has 5 atom stereocenters. The first kappa shape index (κ1) is 35.7. The number of carbonyl (C=O) groups excluding carboxylic acids is 3. The lowest BCUT2D eigenvalue weighted by molar-refractivity contribution is -0.149. The van der Waals surface area contributed by atoms with E-state index in [1.165, 1.54) is 5.19 Å². The fraction of sp³-hybridized carbons (Fsp3) is 0.390. The second-order valence-electron chi connectivity index (χ2n) is 14.9. The molecule has 1 spiro atoms. The number of aromatic amines is 1. The van der Waals surface area contributed by atoms with Crippen LogP contribution >= 0.6 is 0 Å². The highest BCUT2D eigenvalue weighted by Crippen LogP contribution is 2.60. The Morgan fingerprint density at radius 1 is 1.15 bits per heavy atom. The number of para-hydroxylation sites is 1. The monoisotopic (exact) mass is 720 g/mol. The van der Waals surface area contributed by atoms with E-state index in [9.17, 15) is 19.5 Å². The number of H-pyrrole nitrogens is 1. The summed E-state index contributed by atoms with van der Waals surface area (Å²) in [7, 11) is -0.844. The van der Waals surface area contributed by atoms with E-state index in [-0.39, 0.29) is 61.2 Å². The SMILES string of the molecule is C=CCN1C(=O)[C@]2(O[C@H](CC(=O)N3CCC[C@H]3CO)[C@@H]([Si](C)(C)c3ccc(OC)cc3)[C@@H]2C)c2cc(NC(=O)Cc3c[nH]c4ccccc34)ccc21. The summed E-state index contributed by atoms with van der Waals surface area (Å²) in [4.78, 5) is 49.1. The highest BCUT2D eigenvalue weighted by atomic mass is 28.3. The van der Waals surface area contributed by atoms with Crippen molar-refractivity contribution in [3.8, 4) is 5.75 Å². The van der Waals surface area contributed by atoms with Crippen molar-refractivity contribution in [2.75, 3.05) is 37.0 Å². The van der Waals surface area contributed by atoms with Crippen LogP contribution in [0.25, 0.3) is 10.9 Å². The molecule has 0 bridgehead atoms. The van der Waals surface area contributed by atoms with Crippen LogP contribution in [0, 0.1) is 5.92 Å². The Morgan fingerprint density at radius 2 is 1.92 bits per heavy atom. The largest absolute Gasteiger partial charge is 0.497 e. The summed E-state index contributed by atoms with van der Waals surface area (Å²) in [5.74, 6) is 0.00784. The van der Waals surface area contributed by atoms with Gasteiger partial charge >= 0.3 is 0 Å². The van der Waals surface area contributed by atoms with Crippen molar-refractivity contribution in [2.24, 2.45) is 5.92 Å². The number of aromatic nitrogens is 1. The molecule has 3 aliphatic heterocycles. The van der Waals surface area contributed by atoms with E-state index in [2.05, 4.69) is 49.0 Å². The molecule has 3 aromatic carbocycles. The van der Waals surface area contributed by atoms with Crippen LogP contribution in [0.3, 0.4) is 0 Å². The molecule has 2 saturated heterocycles. The van der Waals surface area contributed by atoms with E-state index in [1.54, 1.807) is 23.0 Å². The number of hydrogen-bond acceptors (Lipinski definition) is 6. The predicted molar refractivity (Wildman–Crippen MR) is 206 cm³/mol. The molecule has 3 aliphatic rings. The van der Waals surface area contributed by atoms with Gasteiger partial charge in [-0.2, -0.15) is 0 Å². The number of methoxy groups -OCH3 is 1. The first-order chi connectivity index (χ1) is 25.0. The molecule has 0 unspecified atom stereocenters. The maximum atomic E-state index is 14.9. The van der Waals surface area contributed by atoms with Crippen LogP contribution in [0.15, 0.2) is 85.6 Å². The van der Waals surface area contributed by atoms with Gasteiger partial charge in [-0.05, 0) is 60.3 Å². The second kappa shape index (κ2) is 14.0. The van der Waals surface area contributed by atoms with Crippen molar-refractivity contribution < 1.29 is 29.0 Å². The van der Waals surface area contributed by atoms with Crippen LogP contribution in [0.1, 0.15) is 37.3 Å². The minimum absolute atomic E-state index is 0.0674. The number of hydrogen-bond donors (Lipinski definition) is 3. The molecular weight excluding hydrogens is 673 g/mol. The van der Waals surface area contributed by atoms with Crippen molar-refractivity contribution in [1.29, 1.82) is 0 Å². The topological polar surface area (TPSA) is 124 Å². The number of amides is 3. The summed E-state index contributed by atoms with van der Waals surface area (Å²) in [5.41, 5.74) is 2.31. The molecule has 7 rings (SSSR count). The normalized spacial score (nSPS) is 24.1. The highest BCUT2D eigenvalue weighted by molar-refractivity contribution is 6.91. The number of likely N-dealkylation sites (tertiary alicyclic amines) is 1. The van der Waals surface area contributed by atoms with E-state index in [1.807, 2.05) is 60.8 Å². The average molecular weight is 721 g/mol. The summed E-state index contributed by atoms with van der Waals surface area (Å²) >= 11 is 0. The van der Waals surface area contributed by atoms with Gasteiger partial charge in [0.2, 0.25) is 11.8 Å². The number of nitrogens with zero attached hydrogens (tertiary/aromatic N) is 2. The predicted octanol–water partition coefficient (Wildman–Crippen LogP) is 5.48. The molecule has 0 aliphatic carbocycles. The van der Waals surface area contributed by atoms with E-state index >= 15 is 0 Å². The number of nitrogens with one attached hydrogen (secondary N) is 2. The van der Waals surface area contributed by atoms with Gasteiger partial charge in [0.25, 0.3) is 5.91 Å². The van der Waals surface area contributed by atoms with Crippen molar-refractivity contribution in [3.05, 3.63) is 96.7 Å². The van der Waals surface area contributed by atoms with E-state index in [0.29, 0.717) is 23.5 Å². The highest BCUT2D eigenvalue weighted by Gasteiger charge is 2.66. The standard InChI is InChI=1S/C41H48N4O6Si/c1-6-19-45-35-18-13-28(43-37(47)21-27-24-42-34-12-8-7-11-32(27)34)22-33(35)41(40(45)49)26(2)39(52(4,5)31-16-14-30(50-3)15-17-31)36(51-41)23-38(48)44-20-9-10-29(44)25-46/h6-8,11-18,22,24,26,29,36,39,42,46H,1,9-10,19-21,23,25H2,2-5H3,(H,43,47)/t26-,29-,36+,39-,41+/m0/s1. The van der Waals surface area contributed by atoms with E-state index in [0.717, 1.165) is 35.1 Å². The fourth-order valence-electron chi connectivity index (χ4n) is 9.20. The summed E-state index contributed by atoms with van der Waals surface area (Å²) in [6.45, 7) is 11.4. The molecule has 0 saturated carbocycles. The Morgan fingerprint density at radius 3 is 2.65 bits per heavy atom. The molecule has 4 aromatic rings. The Balaban J connectivity index is 1.27. The number of rotatable bonds is 11. The lowest BCUT2D eigenvalue weighted by atomic mass is 9.82. The van der Waals surface area contributed by atoms with Crippen molar-refractivity contribution in [2.45, 2.75) is 69.0 Å². The van der Waals surface area contributed by atoms with Gasteiger partial charge in [-0.25, -0.2) is 0 Å². The van der Waals surface area contributed by atoms with Crippen LogP contribution < -0.4 is 20.1 Å². The average Bonchev–Trinajstić information content (AvgIpc) is 3.90. The fourth-order valence-corrected chi connectivity index (χ4v) is 13.2. The van der Waals surface area contributed by atoms with Crippen LogP contribution in [-0.2, 0) is 31.1 Å². The van der Waals surface area contributed by atoms with Gasteiger partial charge in [0.05, 0.1) is 52.5 Å². The van der Waals surface area contributed by atoms with Gasteiger partial charge in [0.15, 0.2) is 5.60 Å². The Hall–Kier alpha value is -4.71. The number of benzene rings is 3. The zero-order valence-corrected chi connectivity index (χ0v) is 31.4. The van der Waals surface area contributed by atoms with Gasteiger partial charge in [-0.3, -0.25) is 14.4 Å². The zero-order valence-electron chi connectivity index (χ0n) is 30.4. The number of carbonyl (C=O) groups is 3. The Kier molecular flexibility index (Phi) is 9.62. The van der Waals surface area contributed by atoms with Crippen LogP contribution in [0.2, 0.25) is 18.6 Å². The third-order valence-electron chi connectivity index (χ3n) is 11.7. The van der Waals surface area contributed by atoms with Crippen molar-refractivity contribution >= 4 is 53.3 Å². The van der Waals surface area contributed by atoms with Crippen LogP contribution in [0.4, 0.5) is 11.4 Å². The molecule has 10 nitrogen and oxygen atoms in total. The molecule has 272 valence electrons. The lowest BCUT2D eigenvalue weighted by Gasteiger charge is -2.37. The van der Waals surface area contributed by atoms with E-state index < -0.39 is 19.8 Å². The first-order valence-electron chi connectivity index (χ1n) is 18.2. The van der Waals surface area contributed by atoms with Gasteiger partial charge in [-0.15, -0.1) is 6.58 Å². The van der Waals surface area contributed by atoms with Crippen molar-refractivity contribution in [1.82, 2.24) is 9.88 Å². The number of anilines is 2. The zero-order chi connectivity index (χ0) is 36.8. The van der Waals surface area contributed by atoms with E-state index in [4.69, 9.17) is 9.47 Å². The third kappa shape index (κ3) is 5.94. The van der Waals surface area contributed by atoms with Gasteiger partial charge in [0, 0.05) is 47.4 Å². The molecule has 1 aromatic heterocycles. The summed E-state index contributed by atoms with van der Waals surface area (Å²) < 4.78 is 12.6. The number of fused-ring (bicyclic) bond motifs is 3. The lowest BCUT2D eigenvalue weighted by Crippen LogP contribution is -2.52. The molecule has 52 heavy (non-hydrogen) atoms. The quantitative estimate of drug-likeness (QED) is 0.139. The van der Waals surface area contributed by atoms with Crippen LogP contribution in [-0.4, -0.2) is 79.7 Å². The molecule has 3 amide bonds. The van der Waals surface area contributed by atoms with Crippen LogP contribution in [0.5, 0.6) is 5.75 Å². The van der Waals surface area contributed by atoms with Gasteiger partial charge < -0.3 is 34.7 Å². The van der Waals surface area contributed by atoms with Gasteiger partial charge in [-0.1, -0.05) is 61.6 Å². The number of aliphatic hydroxyl groups is 1. The molecule has 4 heterocycles. The van der Waals surface area contributed by atoms with Gasteiger partial charge in [0.1, 0.15) is 5.75 Å². The summed E-state index contributed by atoms with van der Waals surface area (Å²) in [6.07, 6.45) is 4.89. The molecule has 2 fully saturated rings. The second-order valence-corrected chi connectivity index (χ2v) is 19.6. The number of ether oxygens (including phenoxy) is 2. The smallest absolute Gasteiger partial charge is 0.264 e. The minimum atomic E-state index is -2.49. The Bertz CT molecular complexity index is 2010. The molecule has 11 heteroatoms. The Labute approximate surface area is 305 Å². The molecule has 3 N–H and O–H groups in total. The molecular formula is C41H48N4O6Si. The third-order valence-corrected chi connectivity index (χ3v) is 16.1. The maximum Gasteiger partial charge on any atom is 0.264 e. The minimum Gasteiger partial charge on any atom is -0.497 e. The molecule has 0 radical (unpaired) electrons. The number of aliphatic hydroxyl groups excluding tert-OH is 1. The summed E-state index contributed by atoms with van der Waals surface area (Å²) in [5, 5.41) is 15.3.